The van der Waals surface area contributed by atoms with Crippen molar-refractivity contribution in [3.05, 3.63) is 13.2 Å². The Labute approximate surface area is 103 Å². The molecule has 2 atom stereocenters. The van der Waals surface area contributed by atoms with Crippen molar-refractivity contribution in [2.24, 2.45) is 0 Å². The fraction of sp³-hybridized carbons (Fsp3) is 0.667. The number of carbonyl (C=O) groups excluding carboxylic acids is 2. The van der Waals surface area contributed by atoms with E-state index in [-0.39, 0.29) is 30.8 Å². The summed E-state index contributed by atoms with van der Waals surface area (Å²) < 4.78 is 14.9. The number of carbonyl (C=O) groups is 2. The predicted molar refractivity (Wildman–Crippen MR) is 64.5 cm³/mol. The summed E-state index contributed by atoms with van der Waals surface area (Å²) in [5.74, 6) is -0.669. The van der Waals surface area contributed by atoms with E-state index in [1.165, 1.54) is 13.8 Å². The molecule has 0 heterocycles. The van der Waals surface area contributed by atoms with Crippen LogP contribution in [0, 0.1) is 0 Å². The van der Waals surface area contributed by atoms with Gasteiger partial charge in [0.2, 0.25) is 0 Å². The quantitative estimate of drug-likeness (QED) is 0.527. The van der Waals surface area contributed by atoms with Crippen molar-refractivity contribution in [1.29, 1.82) is 0 Å². The molecule has 5 nitrogen and oxygen atoms in total. The number of hydrogen-bond acceptors (Lipinski definition) is 5. The molecule has 0 aliphatic heterocycles. The minimum absolute atomic E-state index is 0.202. The van der Waals surface area contributed by atoms with Crippen LogP contribution in [0.1, 0.15) is 27.7 Å². The van der Waals surface area contributed by atoms with E-state index in [1.54, 1.807) is 13.8 Å². The molecule has 0 aromatic rings. The maximum atomic E-state index is 10.6. The van der Waals surface area contributed by atoms with Crippen LogP contribution >= 0.6 is 0 Å². The summed E-state index contributed by atoms with van der Waals surface area (Å²) in [6.07, 6.45) is -0.491. The van der Waals surface area contributed by atoms with Crippen molar-refractivity contribution >= 4 is 11.9 Å². The van der Waals surface area contributed by atoms with Crippen molar-refractivity contribution in [2.75, 3.05) is 13.2 Å². The Morgan fingerprint density at radius 3 is 1.94 bits per heavy atom. The largest absolute Gasteiger partial charge is 0.463 e. The highest BCUT2D eigenvalue weighted by molar-refractivity contribution is 5.66. The number of ether oxygens (including phenoxy) is 3. The van der Waals surface area contributed by atoms with Crippen LogP contribution in [0.25, 0.3) is 0 Å². The summed E-state index contributed by atoms with van der Waals surface area (Å²) in [5, 5.41) is 0. The molecule has 17 heavy (non-hydrogen) atoms. The first kappa shape index (κ1) is 18.0. The summed E-state index contributed by atoms with van der Waals surface area (Å²) in [6.45, 7) is 12.7. The van der Waals surface area contributed by atoms with Gasteiger partial charge in [0.1, 0.15) is 12.7 Å². The molecule has 0 aromatic carbocycles. The lowest BCUT2D eigenvalue weighted by Crippen LogP contribution is -2.25. The van der Waals surface area contributed by atoms with E-state index in [2.05, 4.69) is 13.2 Å². The van der Waals surface area contributed by atoms with Crippen molar-refractivity contribution < 1.29 is 23.8 Å². The third-order valence-corrected chi connectivity index (χ3v) is 1.50. The Hall–Kier alpha value is -1.36. The molecule has 2 unspecified atom stereocenters. The summed E-state index contributed by atoms with van der Waals surface area (Å²) in [5.41, 5.74) is 0. The zero-order valence-corrected chi connectivity index (χ0v) is 11.0. The van der Waals surface area contributed by atoms with E-state index in [4.69, 9.17) is 14.2 Å². The van der Waals surface area contributed by atoms with Gasteiger partial charge in [0.25, 0.3) is 0 Å². The molecule has 0 saturated heterocycles. The lowest BCUT2D eigenvalue weighted by molar-refractivity contribution is -0.151. The van der Waals surface area contributed by atoms with Gasteiger partial charge in [0, 0.05) is 13.8 Å². The second-order valence-corrected chi connectivity index (χ2v) is 3.37. The standard InChI is InChI=1S/C10H18O5.C2H4/c1-7(5-14-9(3)11)13-6-8(2)15-10(4)12;1-2/h7-8H,5-6H2,1-4H3;1-2H2. The molecular weight excluding hydrogens is 224 g/mol. The van der Waals surface area contributed by atoms with Crippen LogP contribution in [0.15, 0.2) is 13.2 Å². The summed E-state index contributed by atoms with van der Waals surface area (Å²) in [6, 6.07) is 0. The van der Waals surface area contributed by atoms with Gasteiger partial charge in [0.15, 0.2) is 0 Å². The van der Waals surface area contributed by atoms with Gasteiger partial charge < -0.3 is 14.2 Å². The van der Waals surface area contributed by atoms with Crippen LogP contribution < -0.4 is 0 Å². The monoisotopic (exact) mass is 246 g/mol. The van der Waals surface area contributed by atoms with Crippen molar-refractivity contribution in [1.82, 2.24) is 0 Å². The number of hydrogen-bond donors (Lipinski definition) is 0. The summed E-state index contributed by atoms with van der Waals surface area (Å²) in [7, 11) is 0. The van der Waals surface area contributed by atoms with Gasteiger partial charge in [-0.25, -0.2) is 0 Å². The van der Waals surface area contributed by atoms with Gasteiger partial charge in [-0.2, -0.15) is 0 Å². The Morgan fingerprint density at radius 2 is 1.53 bits per heavy atom. The second kappa shape index (κ2) is 11.1. The van der Waals surface area contributed by atoms with Crippen LogP contribution in [-0.2, 0) is 23.8 Å². The maximum absolute atomic E-state index is 10.6. The molecule has 0 amide bonds. The van der Waals surface area contributed by atoms with Crippen molar-refractivity contribution in [3.63, 3.8) is 0 Å². The number of esters is 2. The SMILES string of the molecule is C=C.CC(=O)OCC(C)OCC(C)OC(C)=O. The molecule has 0 spiro atoms. The van der Waals surface area contributed by atoms with Gasteiger partial charge in [0.05, 0.1) is 12.7 Å². The molecule has 0 fully saturated rings. The van der Waals surface area contributed by atoms with E-state index in [9.17, 15) is 9.59 Å². The fourth-order valence-electron chi connectivity index (χ4n) is 0.900. The first-order valence-corrected chi connectivity index (χ1v) is 5.34. The van der Waals surface area contributed by atoms with Crippen molar-refractivity contribution in [3.8, 4) is 0 Å². The normalized spacial score (nSPS) is 12.7. The molecule has 0 N–H and O–H groups in total. The van der Waals surface area contributed by atoms with E-state index in [1.807, 2.05) is 0 Å². The van der Waals surface area contributed by atoms with Gasteiger partial charge >= 0.3 is 11.9 Å². The average molecular weight is 246 g/mol. The van der Waals surface area contributed by atoms with E-state index in [0.717, 1.165) is 0 Å². The zero-order chi connectivity index (χ0) is 13.8. The third-order valence-electron chi connectivity index (χ3n) is 1.50. The summed E-state index contributed by atoms with van der Waals surface area (Å²) in [4.78, 5) is 21.1. The van der Waals surface area contributed by atoms with Crippen LogP contribution in [0.2, 0.25) is 0 Å². The van der Waals surface area contributed by atoms with Crippen LogP contribution in [0.3, 0.4) is 0 Å². The lowest BCUT2D eigenvalue weighted by atomic mass is 10.4. The zero-order valence-electron chi connectivity index (χ0n) is 11.0. The van der Waals surface area contributed by atoms with Crippen LogP contribution in [0.5, 0.6) is 0 Å². The van der Waals surface area contributed by atoms with Crippen molar-refractivity contribution in [2.45, 2.75) is 39.9 Å². The van der Waals surface area contributed by atoms with E-state index < -0.39 is 0 Å². The second-order valence-electron chi connectivity index (χ2n) is 3.37. The minimum Gasteiger partial charge on any atom is -0.463 e. The number of rotatable bonds is 6. The molecule has 0 bridgehead atoms. The fourth-order valence-corrected chi connectivity index (χ4v) is 0.900. The molecule has 100 valence electrons. The highest BCUT2D eigenvalue weighted by Gasteiger charge is 2.09. The highest BCUT2D eigenvalue weighted by atomic mass is 16.6. The lowest BCUT2D eigenvalue weighted by Gasteiger charge is -2.16. The van der Waals surface area contributed by atoms with Gasteiger partial charge in [-0.15, -0.1) is 13.2 Å². The molecule has 0 rings (SSSR count). The van der Waals surface area contributed by atoms with Crippen LogP contribution in [0.4, 0.5) is 0 Å². The Kier molecular flexibility index (Phi) is 11.8. The first-order valence-electron chi connectivity index (χ1n) is 5.34. The molecule has 5 heteroatoms. The van der Waals surface area contributed by atoms with Crippen LogP contribution in [-0.4, -0.2) is 37.4 Å². The highest BCUT2D eigenvalue weighted by Crippen LogP contribution is 1.98. The molecule has 0 aliphatic carbocycles. The third kappa shape index (κ3) is 14.6. The Balaban J connectivity index is 0. The topological polar surface area (TPSA) is 61.8 Å². The Morgan fingerprint density at radius 1 is 1.00 bits per heavy atom. The molecule has 0 saturated carbocycles. The summed E-state index contributed by atoms with van der Waals surface area (Å²) >= 11 is 0. The molecular formula is C12H22O5. The van der Waals surface area contributed by atoms with E-state index in [0.29, 0.717) is 6.61 Å². The van der Waals surface area contributed by atoms with Gasteiger partial charge in [-0.05, 0) is 13.8 Å². The Bertz CT molecular complexity index is 227. The maximum Gasteiger partial charge on any atom is 0.302 e. The van der Waals surface area contributed by atoms with Gasteiger partial charge in [-0.1, -0.05) is 0 Å². The van der Waals surface area contributed by atoms with E-state index >= 15 is 0 Å². The molecule has 0 aliphatic rings. The van der Waals surface area contributed by atoms with Gasteiger partial charge in [-0.3, -0.25) is 9.59 Å². The first-order chi connectivity index (χ1) is 7.91. The smallest absolute Gasteiger partial charge is 0.302 e. The predicted octanol–water partition coefficient (Wildman–Crippen LogP) is 1.71. The average Bonchev–Trinajstić information content (AvgIpc) is 2.25. The molecule has 0 aromatic heterocycles. The minimum atomic E-state index is -0.335. The molecule has 0 radical (unpaired) electrons.